The molecule has 38 heavy (non-hydrogen) atoms. The number of ether oxygens (including phenoxy) is 1. The highest BCUT2D eigenvalue weighted by atomic mass is 35.5. The van der Waals surface area contributed by atoms with Crippen molar-refractivity contribution < 1.29 is 23.1 Å². The van der Waals surface area contributed by atoms with Gasteiger partial charge in [0.2, 0.25) is 5.91 Å². The third kappa shape index (κ3) is 6.66. The second-order valence-corrected chi connectivity index (χ2v) is 10.4. The lowest BCUT2D eigenvalue weighted by Gasteiger charge is -2.17. The Bertz CT molecular complexity index is 1480. The fourth-order valence-electron chi connectivity index (χ4n) is 3.95. The van der Waals surface area contributed by atoms with Crippen molar-refractivity contribution in [2.75, 3.05) is 5.32 Å². The van der Waals surface area contributed by atoms with E-state index in [0.717, 1.165) is 5.56 Å². The number of carbonyl (C=O) groups is 2. The van der Waals surface area contributed by atoms with Crippen LogP contribution in [0.2, 0.25) is 5.02 Å². The van der Waals surface area contributed by atoms with Gasteiger partial charge in [-0.05, 0) is 47.4 Å². The van der Waals surface area contributed by atoms with Gasteiger partial charge in [-0.25, -0.2) is 4.68 Å². The van der Waals surface area contributed by atoms with Crippen LogP contribution in [0.1, 0.15) is 43.1 Å². The van der Waals surface area contributed by atoms with E-state index in [1.807, 2.05) is 20.8 Å². The Morgan fingerprint density at radius 2 is 1.84 bits per heavy atom. The van der Waals surface area contributed by atoms with E-state index in [1.54, 1.807) is 59.4 Å². The van der Waals surface area contributed by atoms with Crippen LogP contribution in [0.5, 0.6) is 5.75 Å². The van der Waals surface area contributed by atoms with E-state index in [-0.39, 0.29) is 34.2 Å². The average Bonchev–Trinajstić information content (AvgIpc) is 3.27. The highest BCUT2D eigenvalue weighted by molar-refractivity contribution is 6.34. The molecule has 0 unspecified atom stereocenters. The standard InChI is InChI=1S/C28H27ClF2N4O3/c1-28(2,3)14-25(36)32-15-17-10-11-22(29)20(12-17)26(37)34-23-8-5-9-24-21(23)16-33-35(24)18-6-4-7-19(13-18)38-27(30)31/h4-13,16,27H,14-15H2,1-3H3,(H,32,36)(H,34,37). The van der Waals surface area contributed by atoms with Gasteiger partial charge in [-0.1, -0.05) is 50.6 Å². The van der Waals surface area contributed by atoms with E-state index in [9.17, 15) is 18.4 Å². The third-order valence-corrected chi connectivity index (χ3v) is 5.93. The maximum atomic E-state index is 13.2. The van der Waals surface area contributed by atoms with E-state index in [2.05, 4.69) is 20.5 Å². The number of anilines is 1. The summed E-state index contributed by atoms with van der Waals surface area (Å²) in [6, 6.07) is 16.5. The zero-order valence-electron chi connectivity index (χ0n) is 21.1. The van der Waals surface area contributed by atoms with Crippen molar-refractivity contribution in [1.29, 1.82) is 0 Å². The highest BCUT2D eigenvalue weighted by Gasteiger charge is 2.18. The molecule has 198 valence electrons. The predicted molar refractivity (Wildman–Crippen MR) is 143 cm³/mol. The van der Waals surface area contributed by atoms with Gasteiger partial charge in [0.15, 0.2) is 0 Å². The number of amides is 2. The van der Waals surface area contributed by atoms with Crippen LogP contribution in [0.4, 0.5) is 14.5 Å². The van der Waals surface area contributed by atoms with Crippen molar-refractivity contribution in [3.8, 4) is 11.4 Å². The van der Waals surface area contributed by atoms with E-state index in [1.165, 1.54) is 12.1 Å². The lowest BCUT2D eigenvalue weighted by Crippen LogP contribution is -2.27. The summed E-state index contributed by atoms with van der Waals surface area (Å²) in [6.07, 6.45) is 1.96. The number of rotatable bonds is 8. The molecule has 4 aromatic rings. The fourth-order valence-corrected chi connectivity index (χ4v) is 4.15. The molecule has 10 heteroatoms. The van der Waals surface area contributed by atoms with Crippen molar-refractivity contribution in [3.05, 3.63) is 83.0 Å². The maximum Gasteiger partial charge on any atom is 0.387 e. The molecule has 4 rings (SSSR count). The molecule has 0 radical (unpaired) electrons. The van der Waals surface area contributed by atoms with Gasteiger partial charge >= 0.3 is 6.61 Å². The lowest BCUT2D eigenvalue weighted by atomic mass is 9.92. The van der Waals surface area contributed by atoms with Crippen LogP contribution >= 0.6 is 11.6 Å². The summed E-state index contributed by atoms with van der Waals surface area (Å²) in [5.41, 5.74) is 2.53. The van der Waals surface area contributed by atoms with Crippen molar-refractivity contribution in [1.82, 2.24) is 15.1 Å². The molecular formula is C28H27ClF2N4O3. The van der Waals surface area contributed by atoms with Gasteiger partial charge in [0.1, 0.15) is 5.75 Å². The SMILES string of the molecule is CC(C)(C)CC(=O)NCc1ccc(Cl)c(C(=O)Nc2cccc3c2cnn3-c2cccc(OC(F)F)c2)c1. The summed E-state index contributed by atoms with van der Waals surface area (Å²) in [7, 11) is 0. The first-order valence-electron chi connectivity index (χ1n) is 11.9. The van der Waals surface area contributed by atoms with E-state index in [0.29, 0.717) is 28.7 Å². The number of alkyl halides is 2. The fraction of sp³-hybridized carbons (Fsp3) is 0.250. The van der Waals surface area contributed by atoms with Crippen molar-refractivity contribution in [2.45, 2.75) is 40.3 Å². The summed E-state index contributed by atoms with van der Waals surface area (Å²) in [6.45, 7) is 3.29. The second-order valence-electron chi connectivity index (χ2n) is 9.95. The number of hydrogen-bond donors (Lipinski definition) is 2. The molecule has 0 saturated carbocycles. The highest BCUT2D eigenvalue weighted by Crippen LogP contribution is 2.28. The number of aromatic nitrogens is 2. The molecule has 1 heterocycles. The van der Waals surface area contributed by atoms with Crippen LogP contribution in [-0.2, 0) is 11.3 Å². The van der Waals surface area contributed by atoms with E-state index < -0.39 is 12.5 Å². The van der Waals surface area contributed by atoms with Gasteiger partial charge < -0.3 is 15.4 Å². The molecule has 2 amide bonds. The normalized spacial score (nSPS) is 11.6. The summed E-state index contributed by atoms with van der Waals surface area (Å²) in [5, 5.41) is 11.0. The van der Waals surface area contributed by atoms with Gasteiger partial charge in [0.05, 0.1) is 33.7 Å². The number of nitrogens with zero attached hydrogens (tertiary/aromatic N) is 2. The quantitative estimate of drug-likeness (QED) is 0.264. The second kappa shape index (κ2) is 11.2. The lowest BCUT2D eigenvalue weighted by molar-refractivity contribution is -0.122. The van der Waals surface area contributed by atoms with Gasteiger partial charge in [0.25, 0.3) is 5.91 Å². The van der Waals surface area contributed by atoms with Crippen LogP contribution in [0.15, 0.2) is 66.9 Å². The van der Waals surface area contributed by atoms with Crippen LogP contribution in [0.3, 0.4) is 0 Å². The van der Waals surface area contributed by atoms with Crippen molar-refractivity contribution >= 4 is 40.0 Å². The Kier molecular flexibility index (Phi) is 7.97. The van der Waals surface area contributed by atoms with Gasteiger partial charge in [0, 0.05) is 24.4 Å². The minimum Gasteiger partial charge on any atom is -0.435 e. The summed E-state index contributed by atoms with van der Waals surface area (Å²) in [5.74, 6) is -0.492. The van der Waals surface area contributed by atoms with Gasteiger partial charge in [-0.15, -0.1) is 0 Å². The first kappa shape index (κ1) is 27.1. The van der Waals surface area contributed by atoms with E-state index >= 15 is 0 Å². The minimum absolute atomic E-state index is 0.00901. The third-order valence-electron chi connectivity index (χ3n) is 5.61. The number of carbonyl (C=O) groups excluding carboxylic acids is 2. The van der Waals surface area contributed by atoms with Crippen molar-refractivity contribution in [3.63, 3.8) is 0 Å². The van der Waals surface area contributed by atoms with Crippen LogP contribution in [0.25, 0.3) is 16.6 Å². The monoisotopic (exact) mass is 540 g/mol. The maximum absolute atomic E-state index is 13.2. The number of nitrogens with one attached hydrogen (secondary N) is 2. The Morgan fingerprint density at radius 3 is 2.58 bits per heavy atom. The molecule has 3 aromatic carbocycles. The van der Waals surface area contributed by atoms with Crippen LogP contribution in [-0.4, -0.2) is 28.2 Å². The molecule has 0 bridgehead atoms. The molecule has 0 aliphatic carbocycles. The largest absolute Gasteiger partial charge is 0.435 e. The summed E-state index contributed by atoms with van der Waals surface area (Å²) >= 11 is 6.33. The van der Waals surface area contributed by atoms with Crippen molar-refractivity contribution in [2.24, 2.45) is 5.41 Å². The molecular weight excluding hydrogens is 514 g/mol. The predicted octanol–water partition coefficient (Wildman–Crippen LogP) is 6.59. The number of halogens is 3. The molecule has 2 N–H and O–H groups in total. The number of hydrogen-bond acceptors (Lipinski definition) is 4. The smallest absolute Gasteiger partial charge is 0.387 e. The molecule has 0 atom stereocenters. The molecule has 7 nitrogen and oxygen atoms in total. The number of fused-ring (bicyclic) bond motifs is 1. The first-order valence-corrected chi connectivity index (χ1v) is 12.3. The minimum atomic E-state index is -2.94. The molecule has 0 saturated heterocycles. The molecule has 0 fully saturated rings. The average molecular weight is 541 g/mol. The zero-order chi connectivity index (χ0) is 27.4. The van der Waals surface area contributed by atoms with Gasteiger partial charge in [-0.3, -0.25) is 9.59 Å². The van der Waals surface area contributed by atoms with Crippen LogP contribution < -0.4 is 15.4 Å². The molecule has 0 aliphatic heterocycles. The Morgan fingerprint density at radius 1 is 1.08 bits per heavy atom. The summed E-state index contributed by atoms with van der Waals surface area (Å²) < 4.78 is 31.3. The summed E-state index contributed by atoms with van der Waals surface area (Å²) in [4.78, 5) is 25.4. The van der Waals surface area contributed by atoms with E-state index in [4.69, 9.17) is 11.6 Å². The first-order chi connectivity index (χ1) is 18.0. The van der Waals surface area contributed by atoms with Gasteiger partial charge in [-0.2, -0.15) is 13.9 Å². The topological polar surface area (TPSA) is 85.3 Å². The molecule has 0 spiro atoms. The Balaban J connectivity index is 1.54. The Labute approximate surface area is 223 Å². The Hall–Kier alpha value is -3.98. The molecule has 0 aliphatic rings. The number of benzene rings is 3. The zero-order valence-corrected chi connectivity index (χ0v) is 21.9. The molecule has 1 aromatic heterocycles. The van der Waals surface area contributed by atoms with Crippen LogP contribution in [0, 0.1) is 5.41 Å².